The minimum Gasteiger partial charge on any atom is -0.481 e. The van der Waals surface area contributed by atoms with Crippen LogP contribution < -0.4 is 15.0 Å². The molecule has 11 heteroatoms. The number of fused-ring (bicyclic) bond motifs is 1. The molecule has 0 bridgehead atoms. The van der Waals surface area contributed by atoms with Crippen molar-refractivity contribution in [2.24, 2.45) is 0 Å². The number of anilines is 3. The van der Waals surface area contributed by atoms with Crippen molar-refractivity contribution < 1.29 is 19.4 Å². The first-order chi connectivity index (χ1) is 14.5. The van der Waals surface area contributed by atoms with Gasteiger partial charge >= 0.3 is 5.97 Å². The molecule has 0 aliphatic heterocycles. The van der Waals surface area contributed by atoms with E-state index < -0.39 is 5.97 Å². The van der Waals surface area contributed by atoms with Crippen LogP contribution in [0.1, 0.15) is 24.3 Å². The first kappa shape index (κ1) is 21.2. The highest BCUT2D eigenvalue weighted by atomic mass is 16.5. The van der Waals surface area contributed by atoms with Crippen LogP contribution in [0.3, 0.4) is 0 Å². The van der Waals surface area contributed by atoms with Gasteiger partial charge < -0.3 is 24.8 Å². The standard InChI is InChI=1S/C19H25N7O4/c1-5-25(3)19-22-14-15(18(27)28)24-26(9-10-30-6-2)16(14)17(23-19)21-12-7-8-20-13(11-12)29-4/h7-8,11H,5-6,9-10H2,1-4H3,(H,27,28)(H,20,21,22,23). The van der Waals surface area contributed by atoms with Crippen LogP contribution in [0.4, 0.5) is 17.5 Å². The molecule has 3 heterocycles. The van der Waals surface area contributed by atoms with E-state index in [-0.39, 0.29) is 11.2 Å². The monoisotopic (exact) mass is 415 g/mol. The second-order valence-electron chi connectivity index (χ2n) is 6.37. The first-order valence-corrected chi connectivity index (χ1v) is 9.56. The predicted molar refractivity (Wildman–Crippen MR) is 112 cm³/mol. The summed E-state index contributed by atoms with van der Waals surface area (Å²) in [7, 11) is 3.37. The molecule has 3 aromatic heterocycles. The molecule has 0 amide bonds. The van der Waals surface area contributed by atoms with Crippen LogP contribution in [0.15, 0.2) is 18.3 Å². The van der Waals surface area contributed by atoms with Gasteiger partial charge in [0.05, 0.1) is 20.3 Å². The zero-order chi connectivity index (χ0) is 21.7. The Hall–Kier alpha value is -3.47. The summed E-state index contributed by atoms with van der Waals surface area (Å²) >= 11 is 0. The fraction of sp³-hybridized carbons (Fsp3) is 0.421. The number of hydrogen-bond donors (Lipinski definition) is 2. The van der Waals surface area contributed by atoms with E-state index in [1.165, 1.54) is 7.11 Å². The molecule has 0 unspecified atom stereocenters. The number of nitrogens with zero attached hydrogens (tertiary/aromatic N) is 6. The zero-order valence-electron chi connectivity index (χ0n) is 17.4. The van der Waals surface area contributed by atoms with Crippen LogP contribution >= 0.6 is 0 Å². The third-order valence-corrected chi connectivity index (χ3v) is 4.45. The third-order valence-electron chi connectivity index (χ3n) is 4.45. The molecule has 11 nitrogen and oxygen atoms in total. The summed E-state index contributed by atoms with van der Waals surface area (Å²) in [4.78, 5) is 26.9. The molecule has 0 aliphatic carbocycles. The van der Waals surface area contributed by atoms with Gasteiger partial charge in [0.25, 0.3) is 0 Å². The smallest absolute Gasteiger partial charge is 0.358 e. The number of carboxylic acids is 1. The lowest BCUT2D eigenvalue weighted by Crippen LogP contribution is -2.19. The molecule has 0 aliphatic rings. The lowest BCUT2D eigenvalue weighted by Gasteiger charge is -2.17. The summed E-state index contributed by atoms with van der Waals surface area (Å²) < 4.78 is 12.2. The number of methoxy groups -OCH3 is 1. The van der Waals surface area contributed by atoms with Crippen LogP contribution in [0, 0.1) is 0 Å². The Balaban J connectivity index is 2.18. The van der Waals surface area contributed by atoms with Crippen molar-refractivity contribution in [2.75, 3.05) is 44.1 Å². The van der Waals surface area contributed by atoms with Crippen molar-refractivity contribution in [2.45, 2.75) is 20.4 Å². The summed E-state index contributed by atoms with van der Waals surface area (Å²) in [5.41, 5.74) is 1.29. The quantitative estimate of drug-likeness (QED) is 0.475. The number of aromatic carboxylic acids is 1. The lowest BCUT2D eigenvalue weighted by atomic mass is 10.3. The number of pyridine rings is 1. The number of hydrogen-bond acceptors (Lipinski definition) is 9. The van der Waals surface area contributed by atoms with Crippen molar-refractivity contribution in [3.63, 3.8) is 0 Å². The van der Waals surface area contributed by atoms with E-state index >= 15 is 0 Å². The highest BCUT2D eigenvalue weighted by molar-refractivity contribution is 6.03. The average molecular weight is 415 g/mol. The van der Waals surface area contributed by atoms with Crippen molar-refractivity contribution in [1.82, 2.24) is 24.7 Å². The van der Waals surface area contributed by atoms with E-state index in [1.807, 2.05) is 25.8 Å². The van der Waals surface area contributed by atoms with Crippen molar-refractivity contribution in [3.05, 3.63) is 24.0 Å². The molecule has 0 atom stereocenters. The second-order valence-corrected chi connectivity index (χ2v) is 6.37. The number of rotatable bonds is 10. The van der Waals surface area contributed by atoms with Gasteiger partial charge in [0, 0.05) is 38.1 Å². The zero-order valence-corrected chi connectivity index (χ0v) is 17.4. The van der Waals surface area contributed by atoms with Gasteiger partial charge in [-0.1, -0.05) is 0 Å². The summed E-state index contributed by atoms with van der Waals surface area (Å²) in [6.45, 7) is 5.79. The molecule has 2 N–H and O–H groups in total. The Bertz CT molecular complexity index is 1040. The SMILES string of the molecule is CCOCCn1nc(C(=O)O)c2nc(N(C)CC)nc(Nc3ccnc(OC)c3)c21. The largest absolute Gasteiger partial charge is 0.481 e. The fourth-order valence-electron chi connectivity index (χ4n) is 2.81. The van der Waals surface area contributed by atoms with E-state index in [9.17, 15) is 9.90 Å². The van der Waals surface area contributed by atoms with Gasteiger partial charge in [-0.25, -0.2) is 14.8 Å². The Morgan fingerprint density at radius 1 is 1.33 bits per heavy atom. The summed E-state index contributed by atoms with van der Waals surface area (Å²) in [5, 5.41) is 17.2. The Morgan fingerprint density at radius 2 is 2.13 bits per heavy atom. The Morgan fingerprint density at radius 3 is 2.80 bits per heavy atom. The maximum Gasteiger partial charge on any atom is 0.358 e. The van der Waals surface area contributed by atoms with E-state index in [1.54, 1.807) is 23.0 Å². The molecular weight excluding hydrogens is 390 g/mol. The maximum absolute atomic E-state index is 11.8. The summed E-state index contributed by atoms with van der Waals surface area (Å²) in [6, 6.07) is 3.48. The molecule has 0 saturated carbocycles. The maximum atomic E-state index is 11.8. The van der Waals surface area contributed by atoms with E-state index in [4.69, 9.17) is 9.47 Å². The minimum absolute atomic E-state index is 0.134. The first-order valence-electron chi connectivity index (χ1n) is 9.56. The lowest BCUT2D eigenvalue weighted by molar-refractivity contribution is 0.0690. The van der Waals surface area contributed by atoms with Gasteiger partial charge in [-0.2, -0.15) is 10.1 Å². The van der Waals surface area contributed by atoms with Crippen LogP contribution in [0.5, 0.6) is 5.88 Å². The van der Waals surface area contributed by atoms with E-state index in [0.29, 0.717) is 55.2 Å². The number of carboxylic acid groups (broad SMARTS) is 1. The number of ether oxygens (including phenoxy) is 2. The Labute approximate surface area is 173 Å². The van der Waals surface area contributed by atoms with E-state index in [2.05, 4.69) is 25.4 Å². The molecular formula is C19H25N7O4. The average Bonchev–Trinajstić information content (AvgIpc) is 3.12. The van der Waals surface area contributed by atoms with Crippen molar-refractivity contribution in [1.29, 1.82) is 0 Å². The highest BCUT2D eigenvalue weighted by Gasteiger charge is 2.23. The predicted octanol–water partition coefficient (Wildman–Crippen LogP) is 2.16. The Kier molecular flexibility index (Phi) is 6.62. The second kappa shape index (κ2) is 9.35. The summed E-state index contributed by atoms with van der Waals surface area (Å²) in [6.07, 6.45) is 1.60. The molecule has 0 fully saturated rings. The summed E-state index contributed by atoms with van der Waals surface area (Å²) in [5.74, 6) is 0.100. The molecule has 0 spiro atoms. The van der Waals surface area contributed by atoms with Gasteiger partial charge in [0.2, 0.25) is 11.8 Å². The molecule has 160 valence electrons. The fourth-order valence-corrected chi connectivity index (χ4v) is 2.81. The molecule has 0 radical (unpaired) electrons. The van der Waals surface area contributed by atoms with Crippen LogP contribution in [0.2, 0.25) is 0 Å². The third kappa shape index (κ3) is 4.40. The van der Waals surface area contributed by atoms with Gasteiger partial charge in [-0.3, -0.25) is 4.68 Å². The van der Waals surface area contributed by atoms with Gasteiger partial charge in [-0.15, -0.1) is 0 Å². The molecule has 0 aromatic carbocycles. The van der Waals surface area contributed by atoms with Crippen LogP contribution in [0.25, 0.3) is 11.0 Å². The number of nitrogens with one attached hydrogen (secondary N) is 1. The molecule has 30 heavy (non-hydrogen) atoms. The number of carbonyl (C=O) groups is 1. The highest BCUT2D eigenvalue weighted by Crippen LogP contribution is 2.29. The minimum atomic E-state index is -1.16. The normalized spacial score (nSPS) is 10.9. The van der Waals surface area contributed by atoms with Crippen LogP contribution in [-0.4, -0.2) is 69.7 Å². The topological polar surface area (TPSA) is 128 Å². The van der Waals surface area contributed by atoms with Crippen LogP contribution in [-0.2, 0) is 11.3 Å². The molecule has 3 aromatic rings. The van der Waals surface area contributed by atoms with Gasteiger partial charge in [0.15, 0.2) is 11.5 Å². The van der Waals surface area contributed by atoms with Gasteiger partial charge in [0.1, 0.15) is 11.0 Å². The molecule has 3 rings (SSSR count). The molecule has 0 saturated heterocycles. The van der Waals surface area contributed by atoms with E-state index in [0.717, 1.165) is 0 Å². The van der Waals surface area contributed by atoms with Crippen molar-refractivity contribution >= 4 is 34.5 Å². The van der Waals surface area contributed by atoms with Crippen molar-refractivity contribution in [3.8, 4) is 5.88 Å². The van der Waals surface area contributed by atoms with Gasteiger partial charge in [-0.05, 0) is 19.9 Å². The number of aromatic nitrogens is 5.